The fourth-order valence-corrected chi connectivity index (χ4v) is 5.44. The second kappa shape index (κ2) is 10.8. The molecule has 6 nitrogen and oxygen atoms in total. The molecular weight excluding hydrogens is 507 g/mol. The number of anilines is 1. The van der Waals surface area contributed by atoms with Gasteiger partial charge in [-0.25, -0.2) is 4.79 Å². The first-order valence-corrected chi connectivity index (χ1v) is 13.2. The van der Waals surface area contributed by atoms with Gasteiger partial charge in [-0.3, -0.25) is 9.89 Å². The summed E-state index contributed by atoms with van der Waals surface area (Å²) in [5.41, 5.74) is 2.16. The lowest BCUT2D eigenvalue weighted by atomic mass is 9.85. The average Bonchev–Trinajstić information content (AvgIpc) is 2.93. The first-order chi connectivity index (χ1) is 17.3. The molecule has 1 aromatic carbocycles. The monoisotopic (exact) mass is 541 g/mol. The van der Waals surface area contributed by atoms with Crippen LogP contribution >= 0.6 is 11.6 Å². The summed E-state index contributed by atoms with van der Waals surface area (Å²) < 4.78 is 49.5. The summed E-state index contributed by atoms with van der Waals surface area (Å²) in [4.78, 5) is 21.7. The molecule has 2 aliphatic heterocycles. The zero-order valence-corrected chi connectivity index (χ0v) is 22.5. The summed E-state index contributed by atoms with van der Waals surface area (Å²) in [5, 5.41) is 0.580. The Labute approximate surface area is 221 Å². The van der Waals surface area contributed by atoms with E-state index in [-0.39, 0.29) is 12.0 Å². The van der Waals surface area contributed by atoms with E-state index in [0.717, 1.165) is 35.6 Å². The number of hydrogen-bond donors (Lipinski definition) is 0. The summed E-state index contributed by atoms with van der Waals surface area (Å²) >= 11 is 6.34. The van der Waals surface area contributed by atoms with Crippen LogP contribution in [0.1, 0.15) is 65.4 Å². The number of amides is 1. The lowest BCUT2D eigenvalue weighted by Gasteiger charge is -2.38. The van der Waals surface area contributed by atoms with Crippen LogP contribution in [-0.2, 0) is 16.0 Å². The van der Waals surface area contributed by atoms with Gasteiger partial charge in [-0.15, -0.1) is 0 Å². The van der Waals surface area contributed by atoms with Gasteiger partial charge in [-0.2, -0.15) is 13.2 Å². The third-order valence-corrected chi connectivity index (χ3v) is 6.96. The van der Waals surface area contributed by atoms with E-state index in [0.29, 0.717) is 37.5 Å². The second-order valence-electron chi connectivity index (χ2n) is 11.1. The van der Waals surface area contributed by atoms with E-state index in [4.69, 9.17) is 26.1 Å². The number of nitrogens with zero attached hydrogens (tertiary/aromatic N) is 3. The van der Waals surface area contributed by atoms with Crippen molar-refractivity contribution in [1.29, 1.82) is 0 Å². The summed E-state index contributed by atoms with van der Waals surface area (Å²) in [6.07, 6.45) is -1.69. The van der Waals surface area contributed by atoms with E-state index in [1.807, 2.05) is 45.0 Å². The lowest BCUT2D eigenvalue weighted by molar-refractivity contribution is -0.166. The maximum Gasteiger partial charge on any atom is 0.410 e. The fraction of sp³-hybridized carbons (Fsp3) is 0.630. The Morgan fingerprint density at radius 2 is 1.86 bits per heavy atom. The lowest BCUT2D eigenvalue weighted by Crippen LogP contribution is -2.43. The number of carbonyl (C=O) groups is 1. The number of carbonyl (C=O) groups excluding carboxylic acids is 1. The SMILES string of the molecule is CC(CC(F)(F)F)OC1CCC(C2=NCC=C3CN(C(=O)OC(C)(C)C)Cc4cc(Cl)ccc4N32)CC1. The van der Waals surface area contributed by atoms with Crippen LogP contribution in [0.4, 0.5) is 23.7 Å². The molecule has 37 heavy (non-hydrogen) atoms. The van der Waals surface area contributed by atoms with Gasteiger partial charge in [0, 0.05) is 16.6 Å². The van der Waals surface area contributed by atoms with Crippen molar-refractivity contribution >= 4 is 29.2 Å². The summed E-state index contributed by atoms with van der Waals surface area (Å²) in [5.74, 6) is 1.06. The Balaban J connectivity index is 1.52. The van der Waals surface area contributed by atoms with E-state index in [1.54, 1.807) is 4.90 Å². The van der Waals surface area contributed by atoms with Crippen LogP contribution in [-0.4, -0.2) is 53.9 Å². The largest absolute Gasteiger partial charge is 0.444 e. The standard InChI is InChI=1S/C27H35ClF3N3O3/c1-17(14-27(29,30)31)36-22-8-5-18(6-9-22)24-32-12-11-21-16-33(25(35)37-26(2,3)4)15-19-13-20(28)7-10-23(19)34(21)24/h7,10-11,13,17-18,22H,5-6,8-9,12,14-16H2,1-4H3. The van der Waals surface area contributed by atoms with Crippen molar-refractivity contribution in [2.45, 2.75) is 90.3 Å². The molecular formula is C27H35ClF3N3O3. The Morgan fingerprint density at radius 3 is 2.51 bits per heavy atom. The number of aliphatic imine (C=N–C) groups is 1. The van der Waals surface area contributed by atoms with Crippen LogP contribution in [0.5, 0.6) is 0 Å². The van der Waals surface area contributed by atoms with Crippen molar-refractivity contribution in [3.63, 3.8) is 0 Å². The molecule has 1 aliphatic carbocycles. The highest BCUT2D eigenvalue weighted by Crippen LogP contribution is 2.38. The third kappa shape index (κ3) is 7.19. The summed E-state index contributed by atoms with van der Waals surface area (Å²) in [7, 11) is 0. The molecule has 1 fully saturated rings. The minimum Gasteiger partial charge on any atom is -0.444 e. The minimum atomic E-state index is -4.23. The van der Waals surface area contributed by atoms with Gasteiger partial charge in [0.05, 0.1) is 44.0 Å². The Kier molecular flexibility index (Phi) is 8.14. The quantitative estimate of drug-likeness (QED) is 0.407. The first-order valence-electron chi connectivity index (χ1n) is 12.8. The smallest absolute Gasteiger partial charge is 0.410 e. The first kappa shape index (κ1) is 27.8. The predicted molar refractivity (Wildman–Crippen MR) is 138 cm³/mol. The molecule has 1 amide bonds. The van der Waals surface area contributed by atoms with Crippen LogP contribution < -0.4 is 4.90 Å². The van der Waals surface area contributed by atoms with Crippen molar-refractivity contribution in [3.05, 3.63) is 40.6 Å². The molecule has 10 heteroatoms. The molecule has 3 aliphatic rings. The molecule has 0 radical (unpaired) electrons. The van der Waals surface area contributed by atoms with E-state index in [1.165, 1.54) is 6.92 Å². The molecule has 0 spiro atoms. The van der Waals surface area contributed by atoms with Gasteiger partial charge in [0.25, 0.3) is 0 Å². The molecule has 1 atom stereocenters. The van der Waals surface area contributed by atoms with Gasteiger partial charge in [0.15, 0.2) is 0 Å². The van der Waals surface area contributed by atoms with Crippen molar-refractivity contribution in [1.82, 2.24) is 4.90 Å². The molecule has 1 aromatic rings. The van der Waals surface area contributed by atoms with E-state index in [2.05, 4.69) is 4.90 Å². The fourth-order valence-electron chi connectivity index (χ4n) is 5.25. The molecule has 0 saturated heterocycles. The van der Waals surface area contributed by atoms with Crippen LogP contribution in [0.3, 0.4) is 0 Å². The van der Waals surface area contributed by atoms with Crippen LogP contribution in [0.2, 0.25) is 5.02 Å². The number of alkyl halides is 3. The Bertz CT molecular complexity index is 1060. The van der Waals surface area contributed by atoms with E-state index < -0.39 is 30.4 Å². The molecule has 0 N–H and O–H groups in total. The highest BCUT2D eigenvalue weighted by molar-refractivity contribution is 6.30. The number of hydrogen-bond acceptors (Lipinski definition) is 5. The zero-order valence-electron chi connectivity index (χ0n) is 21.8. The number of rotatable bonds is 4. The van der Waals surface area contributed by atoms with Crippen molar-refractivity contribution in [2.75, 3.05) is 18.0 Å². The summed E-state index contributed by atoms with van der Waals surface area (Å²) in [6.45, 7) is 8.23. The van der Waals surface area contributed by atoms with Crippen LogP contribution in [0.15, 0.2) is 35.0 Å². The highest BCUT2D eigenvalue weighted by Gasteiger charge is 2.37. The number of halogens is 4. The number of amidine groups is 1. The van der Waals surface area contributed by atoms with E-state index in [9.17, 15) is 18.0 Å². The molecule has 4 rings (SSSR count). The Morgan fingerprint density at radius 1 is 1.16 bits per heavy atom. The van der Waals surface area contributed by atoms with Gasteiger partial charge in [-0.1, -0.05) is 11.6 Å². The maximum absolute atomic E-state index is 13.0. The van der Waals surface area contributed by atoms with Gasteiger partial charge in [-0.05, 0) is 83.2 Å². The third-order valence-electron chi connectivity index (χ3n) is 6.73. The molecule has 1 unspecified atom stereocenters. The molecule has 204 valence electrons. The number of benzene rings is 1. The normalized spacial score (nSPS) is 23.4. The van der Waals surface area contributed by atoms with Crippen molar-refractivity contribution in [2.24, 2.45) is 10.9 Å². The van der Waals surface area contributed by atoms with Crippen molar-refractivity contribution in [3.8, 4) is 0 Å². The minimum absolute atomic E-state index is 0.137. The maximum atomic E-state index is 13.0. The number of ether oxygens (including phenoxy) is 2. The van der Waals surface area contributed by atoms with Gasteiger partial charge < -0.3 is 14.4 Å². The van der Waals surface area contributed by atoms with Gasteiger partial charge in [0.2, 0.25) is 0 Å². The van der Waals surface area contributed by atoms with Crippen LogP contribution in [0, 0.1) is 5.92 Å². The summed E-state index contributed by atoms with van der Waals surface area (Å²) in [6, 6.07) is 5.66. The van der Waals surface area contributed by atoms with Crippen LogP contribution in [0.25, 0.3) is 0 Å². The van der Waals surface area contributed by atoms with Gasteiger partial charge >= 0.3 is 12.3 Å². The topological polar surface area (TPSA) is 54.4 Å². The van der Waals surface area contributed by atoms with Crippen molar-refractivity contribution < 1.29 is 27.4 Å². The average molecular weight is 542 g/mol. The molecule has 0 bridgehead atoms. The van der Waals surface area contributed by atoms with Gasteiger partial charge in [0.1, 0.15) is 11.4 Å². The molecule has 2 heterocycles. The molecule has 1 saturated carbocycles. The second-order valence-corrected chi connectivity index (χ2v) is 11.5. The predicted octanol–water partition coefficient (Wildman–Crippen LogP) is 7.11. The van der Waals surface area contributed by atoms with E-state index >= 15 is 0 Å². The zero-order chi connectivity index (χ0) is 27.0. The molecule has 0 aromatic heterocycles. The Hall–Kier alpha value is -2.26. The highest BCUT2D eigenvalue weighted by atomic mass is 35.5. The number of fused-ring (bicyclic) bond motifs is 3.